The number of aromatic nitrogens is 3. The molecule has 2 aromatic heterocycles. The summed E-state index contributed by atoms with van der Waals surface area (Å²) in [5, 5.41) is 14.8. The molecule has 0 saturated carbocycles. The Morgan fingerprint density at radius 3 is 2.87 bits per heavy atom. The Hall–Kier alpha value is -2.31. The molecule has 7 heteroatoms. The van der Waals surface area contributed by atoms with Crippen molar-refractivity contribution in [2.24, 2.45) is 4.99 Å². The predicted molar refractivity (Wildman–Crippen MR) is 90.1 cm³/mol. The molecule has 0 spiro atoms. The highest BCUT2D eigenvalue weighted by Crippen LogP contribution is 2.03. The van der Waals surface area contributed by atoms with Crippen LogP contribution in [0.4, 0.5) is 0 Å². The van der Waals surface area contributed by atoms with E-state index in [2.05, 4.69) is 53.5 Å². The number of guanidine groups is 1. The zero-order chi connectivity index (χ0) is 16.7. The summed E-state index contributed by atoms with van der Waals surface area (Å²) in [6, 6.07) is 3.79. The minimum Gasteiger partial charge on any atom is -0.467 e. The predicted octanol–water partition coefficient (Wildman–Crippen LogP) is 1.97. The van der Waals surface area contributed by atoms with Gasteiger partial charge in [-0.15, -0.1) is 10.2 Å². The molecule has 0 aromatic carbocycles. The average molecular weight is 318 g/mol. The summed E-state index contributed by atoms with van der Waals surface area (Å²) in [4.78, 5) is 4.57. The van der Waals surface area contributed by atoms with Crippen LogP contribution in [0, 0.1) is 0 Å². The summed E-state index contributed by atoms with van der Waals surface area (Å²) in [7, 11) is 0. The maximum atomic E-state index is 5.32. The van der Waals surface area contributed by atoms with Crippen molar-refractivity contribution in [2.75, 3.05) is 6.54 Å². The molecule has 2 aromatic rings. The van der Waals surface area contributed by atoms with Crippen molar-refractivity contribution in [3.63, 3.8) is 0 Å². The fourth-order valence-corrected chi connectivity index (χ4v) is 2.09. The van der Waals surface area contributed by atoms with Crippen molar-refractivity contribution >= 4 is 5.96 Å². The third kappa shape index (κ3) is 5.77. The smallest absolute Gasteiger partial charge is 0.192 e. The van der Waals surface area contributed by atoms with E-state index in [1.807, 2.05) is 16.7 Å². The van der Waals surface area contributed by atoms with Gasteiger partial charge in [-0.1, -0.05) is 6.92 Å². The number of aliphatic imine (C=N–C) groups is 1. The highest BCUT2D eigenvalue weighted by Gasteiger charge is 2.12. The van der Waals surface area contributed by atoms with Gasteiger partial charge in [0.2, 0.25) is 0 Å². The Morgan fingerprint density at radius 1 is 1.39 bits per heavy atom. The van der Waals surface area contributed by atoms with Crippen LogP contribution in [0.5, 0.6) is 0 Å². The quantitative estimate of drug-likeness (QED) is 0.629. The van der Waals surface area contributed by atoms with Gasteiger partial charge in [0.1, 0.15) is 24.5 Å². The fraction of sp³-hybridized carbons (Fsp3) is 0.562. The summed E-state index contributed by atoms with van der Waals surface area (Å²) in [5.41, 5.74) is -0.0693. The largest absolute Gasteiger partial charge is 0.467 e. The fourth-order valence-electron chi connectivity index (χ4n) is 2.09. The van der Waals surface area contributed by atoms with Crippen LogP contribution in [0.3, 0.4) is 0 Å². The first-order chi connectivity index (χ1) is 11.0. The normalized spacial score (nSPS) is 12.4. The monoisotopic (exact) mass is 318 g/mol. The summed E-state index contributed by atoms with van der Waals surface area (Å²) in [6.45, 7) is 10.4. The summed E-state index contributed by atoms with van der Waals surface area (Å²) in [6.07, 6.45) is 4.30. The summed E-state index contributed by atoms with van der Waals surface area (Å²) >= 11 is 0. The van der Waals surface area contributed by atoms with Crippen LogP contribution < -0.4 is 10.6 Å². The number of hydrogen-bond acceptors (Lipinski definition) is 4. The molecule has 0 radical (unpaired) electrons. The average Bonchev–Trinajstić information content (AvgIpc) is 3.14. The maximum absolute atomic E-state index is 5.32. The van der Waals surface area contributed by atoms with Crippen LogP contribution in [0.2, 0.25) is 0 Å². The molecule has 2 heterocycles. The molecular formula is C16H26N6O. The van der Waals surface area contributed by atoms with Crippen molar-refractivity contribution in [1.82, 2.24) is 25.4 Å². The Bertz CT molecular complexity index is 609. The SMILES string of the molecule is CCc1nncn1CCNC(=NCc1ccco1)NC(C)(C)C. The van der Waals surface area contributed by atoms with Crippen molar-refractivity contribution in [3.05, 3.63) is 36.3 Å². The first-order valence-corrected chi connectivity index (χ1v) is 7.93. The van der Waals surface area contributed by atoms with E-state index in [1.165, 1.54) is 0 Å². The second kappa shape index (κ2) is 7.80. The Balaban J connectivity index is 1.92. The van der Waals surface area contributed by atoms with Gasteiger partial charge in [0.05, 0.1) is 6.26 Å². The highest BCUT2D eigenvalue weighted by atomic mass is 16.3. The number of nitrogens with zero attached hydrogens (tertiary/aromatic N) is 4. The van der Waals surface area contributed by atoms with E-state index in [-0.39, 0.29) is 5.54 Å². The molecule has 0 saturated heterocycles. The molecule has 23 heavy (non-hydrogen) atoms. The van der Waals surface area contributed by atoms with Gasteiger partial charge in [-0.05, 0) is 32.9 Å². The Morgan fingerprint density at radius 2 is 2.22 bits per heavy atom. The van der Waals surface area contributed by atoms with Crippen molar-refractivity contribution in [1.29, 1.82) is 0 Å². The van der Waals surface area contributed by atoms with E-state index in [1.54, 1.807) is 12.6 Å². The van der Waals surface area contributed by atoms with E-state index in [4.69, 9.17) is 4.42 Å². The van der Waals surface area contributed by atoms with Crippen LogP contribution in [-0.2, 0) is 19.5 Å². The van der Waals surface area contributed by atoms with Gasteiger partial charge in [-0.3, -0.25) is 0 Å². The minimum absolute atomic E-state index is 0.0693. The first-order valence-electron chi connectivity index (χ1n) is 7.93. The Labute approximate surface area is 137 Å². The van der Waals surface area contributed by atoms with E-state index < -0.39 is 0 Å². The molecule has 0 aliphatic heterocycles. The van der Waals surface area contributed by atoms with Gasteiger partial charge in [0, 0.05) is 25.0 Å². The minimum atomic E-state index is -0.0693. The number of furan rings is 1. The molecule has 2 N–H and O–H groups in total. The maximum Gasteiger partial charge on any atom is 0.192 e. The van der Waals surface area contributed by atoms with Crippen LogP contribution in [0.25, 0.3) is 0 Å². The highest BCUT2D eigenvalue weighted by molar-refractivity contribution is 5.80. The molecule has 2 rings (SSSR count). The van der Waals surface area contributed by atoms with Crippen molar-refractivity contribution in [3.8, 4) is 0 Å². The topological polar surface area (TPSA) is 80.3 Å². The lowest BCUT2D eigenvalue weighted by atomic mass is 10.1. The molecule has 0 amide bonds. The zero-order valence-corrected chi connectivity index (χ0v) is 14.3. The van der Waals surface area contributed by atoms with Gasteiger partial charge in [-0.2, -0.15) is 0 Å². The van der Waals surface area contributed by atoms with Gasteiger partial charge in [0.15, 0.2) is 5.96 Å². The van der Waals surface area contributed by atoms with E-state index in [0.29, 0.717) is 6.54 Å². The lowest BCUT2D eigenvalue weighted by Crippen LogP contribution is -2.48. The number of hydrogen-bond donors (Lipinski definition) is 2. The molecule has 0 aliphatic carbocycles. The summed E-state index contributed by atoms with van der Waals surface area (Å²) < 4.78 is 7.37. The number of rotatable bonds is 6. The van der Waals surface area contributed by atoms with Crippen LogP contribution in [0.1, 0.15) is 39.3 Å². The van der Waals surface area contributed by atoms with E-state index in [9.17, 15) is 0 Å². The first kappa shape index (κ1) is 17.1. The molecule has 0 aliphatic rings. The van der Waals surface area contributed by atoms with Gasteiger partial charge >= 0.3 is 0 Å². The number of aryl methyl sites for hydroxylation is 1. The molecule has 0 atom stereocenters. The second-order valence-corrected chi connectivity index (χ2v) is 6.34. The zero-order valence-electron chi connectivity index (χ0n) is 14.3. The van der Waals surface area contributed by atoms with Crippen molar-refractivity contribution in [2.45, 2.75) is 52.7 Å². The third-order valence-electron chi connectivity index (χ3n) is 3.12. The number of nitrogens with one attached hydrogen (secondary N) is 2. The molecule has 7 nitrogen and oxygen atoms in total. The molecular weight excluding hydrogens is 292 g/mol. The van der Waals surface area contributed by atoms with E-state index in [0.717, 1.165) is 37.1 Å². The van der Waals surface area contributed by atoms with E-state index >= 15 is 0 Å². The molecule has 126 valence electrons. The Kier molecular flexibility index (Phi) is 5.78. The van der Waals surface area contributed by atoms with Gasteiger partial charge in [0.25, 0.3) is 0 Å². The van der Waals surface area contributed by atoms with Gasteiger partial charge in [-0.25, -0.2) is 4.99 Å². The molecule has 0 fully saturated rings. The van der Waals surface area contributed by atoms with Crippen LogP contribution >= 0.6 is 0 Å². The van der Waals surface area contributed by atoms with Crippen LogP contribution in [0.15, 0.2) is 34.1 Å². The van der Waals surface area contributed by atoms with Crippen molar-refractivity contribution < 1.29 is 4.42 Å². The second-order valence-electron chi connectivity index (χ2n) is 6.34. The third-order valence-corrected chi connectivity index (χ3v) is 3.12. The molecule has 0 unspecified atom stereocenters. The lowest BCUT2D eigenvalue weighted by Gasteiger charge is -2.24. The lowest BCUT2D eigenvalue weighted by molar-refractivity contribution is 0.490. The standard InChI is InChI=1S/C16H26N6O/c1-5-14-21-19-12-22(14)9-8-17-15(20-16(2,3)4)18-11-13-7-6-10-23-13/h6-7,10,12H,5,8-9,11H2,1-4H3,(H2,17,18,20). The van der Waals surface area contributed by atoms with Crippen LogP contribution in [-0.4, -0.2) is 32.8 Å². The molecule has 0 bridgehead atoms. The summed E-state index contributed by atoms with van der Waals surface area (Å²) in [5.74, 6) is 2.59. The van der Waals surface area contributed by atoms with Gasteiger partial charge < -0.3 is 19.6 Å².